The molecule has 3 nitrogen and oxygen atoms in total. The molecule has 0 fully saturated rings. The monoisotopic (exact) mass is 285 g/mol. The Balaban J connectivity index is 2.64. The van der Waals surface area contributed by atoms with E-state index in [0.29, 0.717) is 6.54 Å². The molecule has 0 spiro atoms. The van der Waals surface area contributed by atoms with Gasteiger partial charge in [0.1, 0.15) is 12.0 Å². The van der Waals surface area contributed by atoms with Crippen LogP contribution >= 0.6 is 15.9 Å². The first kappa shape index (κ1) is 13.2. The first-order valence-corrected chi connectivity index (χ1v) is 5.91. The number of methoxy groups -OCH3 is 1. The molecule has 0 bridgehead atoms. The van der Waals surface area contributed by atoms with E-state index in [0.717, 1.165) is 35.0 Å². The number of ether oxygens (including phenoxy) is 1. The summed E-state index contributed by atoms with van der Waals surface area (Å²) >= 11 is 3.44. The summed E-state index contributed by atoms with van der Waals surface area (Å²) < 4.78 is 6.33. The van der Waals surface area contributed by atoms with Crippen molar-refractivity contribution in [3.8, 4) is 5.75 Å². The Morgan fingerprint density at radius 1 is 1.50 bits per heavy atom. The molecule has 1 aromatic carbocycles. The largest absolute Gasteiger partial charge is 0.496 e. The summed E-state index contributed by atoms with van der Waals surface area (Å²) in [5.74, 6) is 0.891. The zero-order valence-electron chi connectivity index (χ0n) is 9.57. The molecule has 0 saturated heterocycles. The maximum Gasteiger partial charge on any atom is 0.133 e. The van der Waals surface area contributed by atoms with E-state index < -0.39 is 0 Å². The number of nitrogens with zero attached hydrogens (tertiary/aromatic N) is 1. The Morgan fingerprint density at radius 3 is 2.88 bits per heavy atom. The molecule has 4 heteroatoms. The third-order valence-electron chi connectivity index (χ3n) is 2.39. The number of aldehydes is 1. The Labute approximate surface area is 105 Å². The SMILES string of the molecule is COc1ccc(Br)cc1CCN(C)CC=O. The van der Waals surface area contributed by atoms with Crippen LogP contribution in [0.3, 0.4) is 0 Å². The third kappa shape index (κ3) is 3.94. The van der Waals surface area contributed by atoms with E-state index in [-0.39, 0.29) is 0 Å². The number of rotatable bonds is 6. The van der Waals surface area contributed by atoms with Crippen LogP contribution in [0.25, 0.3) is 0 Å². The van der Waals surface area contributed by atoms with Crippen LogP contribution < -0.4 is 4.74 Å². The number of halogens is 1. The van der Waals surface area contributed by atoms with Crippen molar-refractivity contribution in [3.05, 3.63) is 28.2 Å². The lowest BCUT2D eigenvalue weighted by atomic mass is 10.1. The number of carbonyl (C=O) groups excluding carboxylic acids is 1. The van der Waals surface area contributed by atoms with Gasteiger partial charge in [0, 0.05) is 11.0 Å². The van der Waals surface area contributed by atoms with Crippen molar-refractivity contribution in [3.63, 3.8) is 0 Å². The molecule has 0 aliphatic rings. The van der Waals surface area contributed by atoms with Crippen LogP contribution in [0.1, 0.15) is 5.56 Å². The van der Waals surface area contributed by atoms with Gasteiger partial charge >= 0.3 is 0 Å². The molecule has 88 valence electrons. The minimum Gasteiger partial charge on any atom is -0.496 e. The summed E-state index contributed by atoms with van der Waals surface area (Å²) in [5, 5.41) is 0. The van der Waals surface area contributed by atoms with E-state index in [1.54, 1.807) is 7.11 Å². The smallest absolute Gasteiger partial charge is 0.133 e. The van der Waals surface area contributed by atoms with Crippen LogP contribution in [-0.2, 0) is 11.2 Å². The molecule has 0 unspecified atom stereocenters. The Kier molecular flexibility index (Phi) is 5.49. The molecule has 0 aliphatic heterocycles. The van der Waals surface area contributed by atoms with Crippen molar-refractivity contribution >= 4 is 22.2 Å². The van der Waals surface area contributed by atoms with Gasteiger partial charge in [0.05, 0.1) is 13.7 Å². The second-order valence-electron chi connectivity index (χ2n) is 3.64. The first-order valence-electron chi connectivity index (χ1n) is 5.12. The molecule has 0 atom stereocenters. The van der Waals surface area contributed by atoms with Crippen molar-refractivity contribution < 1.29 is 9.53 Å². The molecule has 16 heavy (non-hydrogen) atoms. The first-order chi connectivity index (χ1) is 7.67. The summed E-state index contributed by atoms with van der Waals surface area (Å²) in [6.07, 6.45) is 1.78. The van der Waals surface area contributed by atoms with Crippen LogP contribution in [0.2, 0.25) is 0 Å². The lowest BCUT2D eigenvalue weighted by molar-refractivity contribution is -0.108. The van der Waals surface area contributed by atoms with Gasteiger partial charge in [-0.3, -0.25) is 4.90 Å². The molecule has 1 rings (SSSR count). The van der Waals surface area contributed by atoms with E-state index in [1.165, 1.54) is 0 Å². The highest BCUT2D eigenvalue weighted by atomic mass is 79.9. The fourth-order valence-corrected chi connectivity index (χ4v) is 1.88. The van der Waals surface area contributed by atoms with Crippen molar-refractivity contribution in [1.29, 1.82) is 0 Å². The zero-order valence-corrected chi connectivity index (χ0v) is 11.2. The van der Waals surface area contributed by atoms with Crippen molar-refractivity contribution in [1.82, 2.24) is 4.90 Å². The van der Waals surface area contributed by atoms with Crippen LogP contribution in [0.15, 0.2) is 22.7 Å². The fraction of sp³-hybridized carbons (Fsp3) is 0.417. The normalized spacial score (nSPS) is 10.5. The van der Waals surface area contributed by atoms with Gasteiger partial charge in [-0.1, -0.05) is 15.9 Å². The lowest BCUT2D eigenvalue weighted by Crippen LogP contribution is -2.23. The Bertz CT molecular complexity index is 355. The Morgan fingerprint density at radius 2 is 2.25 bits per heavy atom. The quantitative estimate of drug-likeness (QED) is 0.750. The highest BCUT2D eigenvalue weighted by Gasteiger charge is 2.05. The molecular formula is C12H16BrNO2. The van der Waals surface area contributed by atoms with Gasteiger partial charge < -0.3 is 9.53 Å². The number of hydrogen-bond acceptors (Lipinski definition) is 3. The minimum atomic E-state index is 0.469. The van der Waals surface area contributed by atoms with Gasteiger partial charge in [0.2, 0.25) is 0 Å². The van der Waals surface area contributed by atoms with Crippen LogP contribution in [0.5, 0.6) is 5.75 Å². The average Bonchev–Trinajstić information content (AvgIpc) is 2.27. The van der Waals surface area contributed by atoms with Gasteiger partial charge in [-0.05, 0) is 37.2 Å². The van der Waals surface area contributed by atoms with E-state index in [4.69, 9.17) is 4.74 Å². The van der Waals surface area contributed by atoms with Gasteiger partial charge in [-0.2, -0.15) is 0 Å². The molecule has 1 aromatic rings. The molecule has 0 heterocycles. The van der Waals surface area contributed by atoms with Crippen LogP contribution in [-0.4, -0.2) is 38.4 Å². The minimum absolute atomic E-state index is 0.469. The summed E-state index contributed by atoms with van der Waals surface area (Å²) in [4.78, 5) is 12.3. The van der Waals surface area contributed by atoms with Gasteiger partial charge in [0.15, 0.2) is 0 Å². The van der Waals surface area contributed by atoms with Crippen molar-refractivity contribution in [2.24, 2.45) is 0 Å². The summed E-state index contributed by atoms with van der Waals surface area (Å²) in [6, 6.07) is 5.95. The average molecular weight is 286 g/mol. The molecule has 0 radical (unpaired) electrons. The highest BCUT2D eigenvalue weighted by Crippen LogP contribution is 2.23. The molecule has 0 amide bonds. The predicted octanol–water partition coefficient (Wildman–Crippen LogP) is 2.13. The molecule has 0 aliphatic carbocycles. The Hall–Kier alpha value is -0.870. The standard InChI is InChI=1S/C12H16BrNO2/c1-14(7-8-15)6-5-10-9-11(13)3-4-12(10)16-2/h3-4,8-9H,5-7H2,1-2H3. The van der Waals surface area contributed by atoms with E-state index in [2.05, 4.69) is 15.9 Å². The topological polar surface area (TPSA) is 29.5 Å². The second-order valence-corrected chi connectivity index (χ2v) is 4.55. The zero-order chi connectivity index (χ0) is 12.0. The number of carbonyl (C=O) groups is 1. The molecule has 0 aromatic heterocycles. The van der Waals surface area contributed by atoms with Gasteiger partial charge in [0.25, 0.3) is 0 Å². The maximum absolute atomic E-state index is 10.3. The molecule has 0 N–H and O–H groups in total. The van der Waals surface area contributed by atoms with E-state index in [1.807, 2.05) is 30.1 Å². The van der Waals surface area contributed by atoms with Crippen LogP contribution in [0, 0.1) is 0 Å². The van der Waals surface area contributed by atoms with Crippen LogP contribution in [0.4, 0.5) is 0 Å². The molecule has 0 saturated carbocycles. The fourth-order valence-electron chi connectivity index (χ4n) is 1.47. The summed E-state index contributed by atoms with van der Waals surface area (Å²) in [5.41, 5.74) is 1.15. The van der Waals surface area contributed by atoms with Crippen molar-refractivity contribution in [2.45, 2.75) is 6.42 Å². The number of likely N-dealkylation sites (N-methyl/N-ethyl adjacent to an activating group) is 1. The van der Waals surface area contributed by atoms with E-state index >= 15 is 0 Å². The summed E-state index contributed by atoms with van der Waals surface area (Å²) in [6.45, 7) is 1.31. The second kappa shape index (κ2) is 6.66. The number of benzene rings is 1. The third-order valence-corrected chi connectivity index (χ3v) is 2.88. The van der Waals surface area contributed by atoms with E-state index in [9.17, 15) is 4.79 Å². The summed E-state index contributed by atoms with van der Waals surface area (Å²) in [7, 11) is 3.60. The number of hydrogen-bond donors (Lipinski definition) is 0. The predicted molar refractivity (Wildman–Crippen MR) is 68.0 cm³/mol. The molecular weight excluding hydrogens is 270 g/mol. The maximum atomic E-state index is 10.3. The lowest BCUT2D eigenvalue weighted by Gasteiger charge is -2.14. The van der Waals surface area contributed by atoms with Gasteiger partial charge in [-0.25, -0.2) is 0 Å². The van der Waals surface area contributed by atoms with Gasteiger partial charge in [-0.15, -0.1) is 0 Å². The highest BCUT2D eigenvalue weighted by molar-refractivity contribution is 9.10. The van der Waals surface area contributed by atoms with Crippen molar-refractivity contribution in [2.75, 3.05) is 27.2 Å².